The van der Waals surface area contributed by atoms with Crippen molar-refractivity contribution in [3.8, 4) is 11.8 Å². The van der Waals surface area contributed by atoms with Crippen LogP contribution in [0.2, 0.25) is 0 Å². The molecule has 0 saturated carbocycles. The van der Waals surface area contributed by atoms with E-state index in [2.05, 4.69) is 9.97 Å². The predicted molar refractivity (Wildman–Crippen MR) is 57.4 cm³/mol. The first kappa shape index (κ1) is 10.4. The van der Waals surface area contributed by atoms with E-state index in [-0.39, 0.29) is 5.97 Å². The first-order valence-electron chi connectivity index (χ1n) is 4.68. The van der Waals surface area contributed by atoms with Crippen LogP contribution in [-0.2, 0) is 4.79 Å². The molecule has 0 aliphatic rings. The summed E-state index contributed by atoms with van der Waals surface area (Å²) < 4.78 is 9.86. The number of aromatic nitrogens is 2. The highest BCUT2D eigenvalue weighted by molar-refractivity contribution is 5.80. The lowest BCUT2D eigenvalue weighted by molar-refractivity contribution is -0.131. The fourth-order valence-electron chi connectivity index (χ4n) is 1.32. The van der Waals surface area contributed by atoms with Crippen LogP contribution in [-0.4, -0.2) is 23.0 Å². The molecule has 0 spiro atoms. The normalized spacial score (nSPS) is 10.1. The van der Waals surface area contributed by atoms with E-state index >= 15 is 0 Å². The van der Waals surface area contributed by atoms with Gasteiger partial charge in [0, 0.05) is 18.5 Å². The van der Waals surface area contributed by atoms with Crippen molar-refractivity contribution in [2.75, 3.05) is 7.11 Å². The molecule has 0 unspecified atom stereocenters. The predicted octanol–water partition coefficient (Wildman–Crippen LogP) is 1.56. The molecule has 0 fully saturated rings. The van der Waals surface area contributed by atoms with Crippen molar-refractivity contribution in [1.29, 1.82) is 0 Å². The maximum atomic E-state index is 10.8. The van der Waals surface area contributed by atoms with Crippen LogP contribution in [0.3, 0.4) is 0 Å². The Morgan fingerprint density at radius 1 is 1.38 bits per heavy atom. The number of fused-ring (bicyclic) bond motifs is 1. The van der Waals surface area contributed by atoms with Crippen LogP contribution in [0.15, 0.2) is 24.4 Å². The van der Waals surface area contributed by atoms with Gasteiger partial charge < -0.3 is 9.47 Å². The van der Waals surface area contributed by atoms with E-state index in [4.69, 9.17) is 9.47 Å². The summed E-state index contributed by atoms with van der Waals surface area (Å²) in [6.07, 6.45) is 1.62. The quantitative estimate of drug-likeness (QED) is 0.565. The van der Waals surface area contributed by atoms with Crippen molar-refractivity contribution in [3.05, 3.63) is 24.4 Å². The fraction of sp³-hybridized carbons (Fsp3) is 0.182. The fourth-order valence-corrected chi connectivity index (χ4v) is 1.32. The van der Waals surface area contributed by atoms with Crippen molar-refractivity contribution in [1.82, 2.24) is 9.97 Å². The van der Waals surface area contributed by atoms with Gasteiger partial charge >= 0.3 is 12.0 Å². The number of ether oxygens (including phenoxy) is 2. The van der Waals surface area contributed by atoms with Gasteiger partial charge in [-0.1, -0.05) is 0 Å². The molecule has 5 heteroatoms. The molecule has 5 nitrogen and oxygen atoms in total. The minimum absolute atomic E-state index is 0.313. The molecule has 0 N–H and O–H groups in total. The van der Waals surface area contributed by atoms with E-state index in [1.807, 2.05) is 0 Å². The van der Waals surface area contributed by atoms with Crippen LogP contribution in [0.25, 0.3) is 10.9 Å². The Hall–Kier alpha value is -2.17. The van der Waals surface area contributed by atoms with Gasteiger partial charge in [-0.2, -0.15) is 4.98 Å². The minimum atomic E-state index is -0.353. The van der Waals surface area contributed by atoms with Crippen molar-refractivity contribution in [3.63, 3.8) is 0 Å². The Balaban J connectivity index is 2.43. The van der Waals surface area contributed by atoms with E-state index in [0.29, 0.717) is 11.8 Å². The summed E-state index contributed by atoms with van der Waals surface area (Å²) in [5, 5.41) is 0.791. The molecular formula is C11H10N2O3. The highest BCUT2D eigenvalue weighted by Crippen LogP contribution is 2.20. The van der Waals surface area contributed by atoms with Gasteiger partial charge in [0.15, 0.2) is 0 Å². The molecule has 1 heterocycles. The topological polar surface area (TPSA) is 61.3 Å². The van der Waals surface area contributed by atoms with Crippen LogP contribution in [0.5, 0.6) is 11.8 Å². The molecule has 0 amide bonds. The lowest BCUT2D eigenvalue weighted by atomic mass is 10.2. The monoisotopic (exact) mass is 218 g/mol. The van der Waals surface area contributed by atoms with E-state index in [0.717, 1.165) is 10.9 Å². The first-order chi connectivity index (χ1) is 7.69. The molecular weight excluding hydrogens is 208 g/mol. The van der Waals surface area contributed by atoms with Gasteiger partial charge in [0.2, 0.25) is 0 Å². The summed E-state index contributed by atoms with van der Waals surface area (Å²) in [5.41, 5.74) is 0.739. The maximum Gasteiger partial charge on any atom is 0.316 e. The van der Waals surface area contributed by atoms with E-state index in [1.54, 1.807) is 24.4 Å². The number of methoxy groups -OCH3 is 1. The second kappa shape index (κ2) is 4.14. The molecule has 0 radical (unpaired) electrons. The number of esters is 1. The second-order valence-electron chi connectivity index (χ2n) is 3.17. The molecule has 0 aliphatic carbocycles. The average Bonchev–Trinajstić information content (AvgIpc) is 2.27. The number of nitrogens with zero attached hydrogens (tertiary/aromatic N) is 2. The molecule has 1 aromatic heterocycles. The minimum Gasteiger partial charge on any atom is -0.467 e. The maximum absolute atomic E-state index is 10.8. The van der Waals surface area contributed by atoms with Crippen molar-refractivity contribution < 1.29 is 14.3 Å². The molecule has 1 aromatic carbocycles. The van der Waals surface area contributed by atoms with Crippen LogP contribution >= 0.6 is 0 Å². The van der Waals surface area contributed by atoms with E-state index < -0.39 is 0 Å². The molecule has 16 heavy (non-hydrogen) atoms. The molecule has 2 aromatic rings. The first-order valence-corrected chi connectivity index (χ1v) is 4.68. The van der Waals surface area contributed by atoms with Crippen LogP contribution < -0.4 is 9.47 Å². The number of rotatable bonds is 2. The third kappa shape index (κ3) is 2.08. The third-order valence-electron chi connectivity index (χ3n) is 1.97. The summed E-state index contributed by atoms with van der Waals surface area (Å²) in [6.45, 7) is 1.36. The number of benzene rings is 1. The lowest BCUT2D eigenvalue weighted by Crippen LogP contribution is -2.01. The summed E-state index contributed by atoms with van der Waals surface area (Å²) in [7, 11) is 1.51. The van der Waals surface area contributed by atoms with Gasteiger partial charge in [0.1, 0.15) is 5.75 Å². The van der Waals surface area contributed by atoms with Gasteiger partial charge in [-0.05, 0) is 18.2 Å². The van der Waals surface area contributed by atoms with Crippen molar-refractivity contribution in [2.24, 2.45) is 0 Å². The smallest absolute Gasteiger partial charge is 0.316 e. The summed E-state index contributed by atoms with van der Waals surface area (Å²) in [6, 6.07) is 5.44. The summed E-state index contributed by atoms with van der Waals surface area (Å²) >= 11 is 0. The van der Waals surface area contributed by atoms with Crippen LogP contribution in [0.1, 0.15) is 6.92 Å². The SMILES string of the molecule is COc1ncc2cc(OC(C)=O)ccc2n1. The van der Waals surface area contributed by atoms with Gasteiger partial charge in [-0.25, -0.2) is 4.98 Å². The Kier molecular flexibility index (Phi) is 2.68. The molecule has 2 rings (SSSR count). The van der Waals surface area contributed by atoms with Crippen molar-refractivity contribution in [2.45, 2.75) is 6.92 Å². The third-order valence-corrected chi connectivity index (χ3v) is 1.97. The van der Waals surface area contributed by atoms with Crippen LogP contribution in [0.4, 0.5) is 0 Å². The Bertz CT molecular complexity index is 540. The molecule has 0 atom stereocenters. The lowest BCUT2D eigenvalue weighted by Gasteiger charge is -2.03. The average molecular weight is 218 g/mol. The second-order valence-corrected chi connectivity index (χ2v) is 3.17. The molecule has 0 bridgehead atoms. The van der Waals surface area contributed by atoms with E-state index in [1.165, 1.54) is 14.0 Å². The Labute approximate surface area is 92.0 Å². The summed E-state index contributed by atoms with van der Waals surface area (Å²) in [4.78, 5) is 18.9. The molecule has 82 valence electrons. The zero-order valence-electron chi connectivity index (χ0n) is 8.93. The highest BCUT2D eigenvalue weighted by Gasteiger charge is 2.03. The zero-order valence-corrected chi connectivity index (χ0v) is 8.93. The van der Waals surface area contributed by atoms with Crippen molar-refractivity contribution >= 4 is 16.9 Å². The largest absolute Gasteiger partial charge is 0.467 e. The molecule has 0 aliphatic heterocycles. The van der Waals surface area contributed by atoms with Gasteiger partial charge in [0.25, 0.3) is 0 Å². The summed E-state index contributed by atoms with van der Waals surface area (Å²) in [5.74, 6) is 0.127. The zero-order chi connectivity index (χ0) is 11.5. The van der Waals surface area contributed by atoms with Gasteiger partial charge in [-0.15, -0.1) is 0 Å². The van der Waals surface area contributed by atoms with E-state index in [9.17, 15) is 4.79 Å². The number of hydrogen-bond donors (Lipinski definition) is 0. The van der Waals surface area contributed by atoms with Gasteiger partial charge in [0.05, 0.1) is 12.6 Å². The number of carbonyl (C=O) groups excluding carboxylic acids is 1. The molecule has 0 saturated heterocycles. The van der Waals surface area contributed by atoms with Gasteiger partial charge in [-0.3, -0.25) is 4.79 Å². The number of carbonyl (C=O) groups is 1. The Morgan fingerprint density at radius 3 is 2.88 bits per heavy atom. The highest BCUT2D eigenvalue weighted by atomic mass is 16.5. The Morgan fingerprint density at radius 2 is 2.19 bits per heavy atom. The van der Waals surface area contributed by atoms with Crippen LogP contribution in [0, 0.1) is 0 Å². The number of hydrogen-bond acceptors (Lipinski definition) is 5. The standard InChI is InChI=1S/C11H10N2O3/c1-7(14)16-9-3-4-10-8(5-9)6-12-11(13-10)15-2/h3-6H,1-2H3.